The normalized spacial score (nSPS) is 17.9. The lowest BCUT2D eigenvalue weighted by Gasteiger charge is -2.09. The molecule has 1 aliphatic rings. The maximum Gasteiger partial charge on any atom is 0.0690 e. The fourth-order valence-corrected chi connectivity index (χ4v) is 2.43. The number of benzene rings is 1. The van der Waals surface area contributed by atoms with Gasteiger partial charge in [0.25, 0.3) is 0 Å². The maximum absolute atomic E-state index is 10.0. The molecular formula is C13H16N2O. The van der Waals surface area contributed by atoms with Crippen molar-refractivity contribution in [3.05, 3.63) is 29.5 Å². The molecule has 0 aliphatic heterocycles. The van der Waals surface area contributed by atoms with Crippen LogP contribution in [0.25, 0.3) is 10.9 Å². The van der Waals surface area contributed by atoms with Gasteiger partial charge in [-0.15, -0.1) is 0 Å². The topological polar surface area (TPSA) is 38.0 Å². The van der Waals surface area contributed by atoms with Crippen molar-refractivity contribution in [1.82, 2.24) is 9.78 Å². The second kappa shape index (κ2) is 3.08. The van der Waals surface area contributed by atoms with Crippen LogP contribution >= 0.6 is 0 Å². The molecule has 1 fully saturated rings. The summed E-state index contributed by atoms with van der Waals surface area (Å²) in [5.41, 5.74) is 3.00. The molecule has 1 aromatic heterocycles. The number of aryl methyl sites for hydroxylation is 2. The molecule has 0 spiro atoms. The minimum Gasteiger partial charge on any atom is -0.390 e. The van der Waals surface area contributed by atoms with E-state index in [2.05, 4.69) is 17.2 Å². The zero-order chi connectivity index (χ0) is 11.3. The smallest absolute Gasteiger partial charge is 0.0690 e. The molecule has 0 atom stereocenters. The van der Waals surface area contributed by atoms with E-state index in [4.69, 9.17) is 0 Å². The van der Waals surface area contributed by atoms with Gasteiger partial charge in [0.15, 0.2) is 0 Å². The second-order valence-corrected chi connectivity index (χ2v) is 4.92. The summed E-state index contributed by atoms with van der Waals surface area (Å²) in [4.78, 5) is 0. The molecule has 84 valence electrons. The third-order valence-corrected chi connectivity index (χ3v) is 3.49. The molecule has 2 aromatic rings. The van der Waals surface area contributed by atoms with E-state index in [0.717, 1.165) is 30.5 Å². The Bertz CT molecular complexity index is 552. The van der Waals surface area contributed by atoms with Gasteiger partial charge in [0, 0.05) is 18.9 Å². The molecule has 0 radical (unpaired) electrons. The van der Waals surface area contributed by atoms with Crippen molar-refractivity contribution in [2.24, 2.45) is 7.05 Å². The van der Waals surface area contributed by atoms with Gasteiger partial charge in [-0.2, -0.15) is 5.10 Å². The van der Waals surface area contributed by atoms with Gasteiger partial charge in [0.2, 0.25) is 0 Å². The largest absolute Gasteiger partial charge is 0.390 e. The molecule has 3 heteroatoms. The number of hydrogen-bond donors (Lipinski definition) is 1. The third kappa shape index (κ3) is 1.43. The van der Waals surface area contributed by atoms with Crippen LogP contribution in [0.1, 0.15) is 24.1 Å². The quantitative estimate of drug-likeness (QED) is 0.833. The lowest BCUT2D eigenvalue weighted by atomic mass is 10.0. The monoisotopic (exact) mass is 216 g/mol. The lowest BCUT2D eigenvalue weighted by Crippen LogP contribution is -2.10. The Hall–Kier alpha value is -1.35. The van der Waals surface area contributed by atoms with E-state index in [1.54, 1.807) is 0 Å². The molecule has 1 aromatic carbocycles. The summed E-state index contributed by atoms with van der Waals surface area (Å²) < 4.78 is 1.91. The highest BCUT2D eigenvalue weighted by atomic mass is 16.3. The van der Waals surface area contributed by atoms with Crippen LogP contribution in [0.15, 0.2) is 18.2 Å². The summed E-state index contributed by atoms with van der Waals surface area (Å²) in [6, 6.07) is 6.23. The van der Waals surface area contributed by atoms with E-state index in [-0.39, 0.29) is 0 Å². The molecule has 1 aliphatic carbocycles. The number of rotatable bonds is 2. The highest BCUT2D eigenvalue weighted by Crippen LogP contribution is 2.39. The van der Waals surface area contributed by atoms with Crippen LogP contribution in [0, 0.1) is 6.92 Å². The van der Waals surface area contributed by atoms with Crippen molar-refractivity contribution in [2.75, 3.05) is 0 Å². The van der Waals surface area contributed by atoms with E-state index in [1.807, 2.05) is 24.7 Å². The molecule has 0 bridgehead atoms. The van der Waals surface area contributed by atoms with E-state index < -0.39 is 5.60 Å². The van der Waals surface area contributed by atoms with Crippen LogP contribution in [0.2, 0.25) is 0 Å². The Morgan fingerprint density at radius 3 is 2.88 bits per heavy atom. The van der Waals surface area contributed by atoms with Crippen LogP contribution in [0.5, 0.6) is 0 Å². The summed E-state index contributed by atoms with van der Waals surface area (Å²) in [5, 5.41) is 15.7. The minimum atomic E-state index is -0.434. The van der Waals surface area contributed by atoms with E-state index >= 15 is 0 Å². The number of nitrogens with zero attached hydrogens (tertiary/aromatic N) is 2. The van der Waals surface area contributed by atoms with E-state index in [9.17, 15) is 5.11 Å². The second-order valence-electron chi connectivity index (χ2n) is 4.92. The number of aromatic nitrogens is 2. The first-order valence-corrected chi connectivity index (χ1v) is 5.73. The van der Waals surface area contributed by atoms with Crippen molar-refractivity contribution in [3.8, 4) is 0 Å². The van der Waals surface area contributed by atoms with Crippen molar-refractivity contribution in [2.45, 2.75) is 31.8 Å². The molecule has 0 unspecified atom stereocenters. The van der Waals surface area contributed by atoms with E-state index in [1.165, 1.54) is 10.9 Å². The predicted octanol–water partition coefficient (Wildman–Crippen LogP) is 1.95. The van der Waals surface area contributed by atoms with Gasteiger partial charge in [-0.1, -0.05) is 12.1 Å². The van der Waals surface area contributed by atoms with Crippen LogP contribution in [0.3, 0.4) is 0 Å². The number of fused-ring (bicyclic) bond motifs is 1. The summed E-state index contributed by atoms with van der Waals surface area (Å²) in [5.74, 6) is 0. The zero-order valence-electron chi connectivity index (χ0n) is 9.70. The molecule has 1 saturated carbocycles. The molecule has 16 heavy (non-hydrogen) atoms. The van der Waals surface area contributed by atoms with Gasteiger partial charge in [-0.25, -0.2) is 0 Å². The summed E-state index contributed by atoms with van der Waals surface area (Å²) >= 11 is 0. The maximum atomic E-state index is 10.0. The Balaban J connectivity index is 2.16. The average Bonchev–Trinajstić information content (AvgIpc) is 2.87. The van der Waals surface area contributed by atoms with Gasteiger partial charge in [-0.3, -0.25) is 4.68 Å². The Morgan fingerprint density at radius 1 is 1.44 bits per heavy atom. The number of aliphatic hydroxyl groups is 1. The molecule has 3 nitrogen and oxygen atoms in total. The Kier molecular flexibility index (Phi) is 1.89. The first-order chi connectivity index (χ1) is 7.59. The fourth-order valence-electron chi connectivity index (χ4n) is 2.43. The SMILES string of the molecule is Cc1nn(C)c2cccc(CC3(O)CC3)c12. The van der Waals surface area contributed by atoms with Gasteiger partial charge in [0.1, 0.15) is 0 Å². The lowest BCUT2D eigenvalue weighted by molar-refractivity contribution is 0.151. The minimum absolute atomic E-state index is 0.434. The average molecular weight is 216 g/mol. The van der Waals surface area contributed by atoms with Crippen LogP contribution < -0.4 is 0 Å². The van der Waals surface area contributed by atoms with Crippen molar-refractivity contribution in [1.29, 1.82) is 0 Å². The van der Waals surface area contributed by atoms with Gasteiger partial charge < -0.3 is 5.11 Å². The predicted molar refractivity (Wildman–Crippen MR) is 63.3 cm³/mol. The molecule has 0 saturated heterocycles. The van der Waals surface area contributed by atoms with Gasteiger partial charge >= 0.3 is 0 Å². The Labute approximate surface area is 94.7 Å². The van der Waals surface area contributed by atoms with Crippen molar-refractivity contribution in [3.63, 3.8) is 0 Å². The van der Waals surface area contributed by atoms with E-state index in [0.29, 0.717) is 0 Å². The standard InChI is InChI=1S/C13H16N2O/c1-9-12-10(8-13(16)6-7-13)4-3-5-11(12)15(2)14-9/h3-5,16H,6-8H2,1-2H3. The highest BCUT2D eigenvalue weighted by molar-refractivity contribution is 5.85. The van der Waals surface area contributed by atoms with Gasteiger partial charge in [0.05, 0.1) is 16.8 Å². The zero-order valence-corrected chi connectivity index (χ0v) is 9.70. The molecule has 0 amide bonds. The number of hydrogen-bond acceptors (Lipinski definition) is 2. The van der Waals surface area contributed by atoms with Crippen LogP contribution in [-0.4, -0.2) is 20.5 Å². The summed E-state index contributed by atoms with van der Waals surface area (Å²) in [6.45, 7) is 2.03. The van der Waals surface area contributed by atoms with Gasteiger partial charge in [-0.05, 0) is 31.4 Å². The first-order valence-electron chi connectivity index (χ1n) is 5.73. The van der Waals surface area contributed by atoms with Crippen molar-refractivity contribution < 1.29 is 5.11 Å². The van der Waals surface area contributed by atoms with Crippen LogP contribution in [-0.2, 0) is 13.5 Å². The summed E-state index contributed by atoms with van der Waals surface area (Å²) in [6.07, 6.45) is 2.63. The third-order valence-electron chi connectivity index (χ3n) is 3.49. The molecular weight excluding hydrogens is 200 g/mol. The Morgan fingerprint density at radius 2 is 2.19 bits per heavy atom. The fraction of sp³-hybridized carbons (Fsp3) is 0.462. The summed E-state index contributed by atoms with van der Waals surface area (Å²) in [7, 11) is 1.96. The first kappa shape index (κ1) is 9.85. The van der Waals surface area contributed by atoms with Crippen molar-refractivity contribution >= 4 is 10.9 Å². The molecule has 1 heterocycles. The molecule has 3 rings (SSSR count). The van der Waals surface area contributed by atoms with Crippen LogP contribution in [0.4, 0.5) is 0 Å². The molecule has 1 N–H and O–H groups in total. The highest BCUT2D eigenvalue weighted by Gasteiger charge is 2.40.